The van der Waals surface area contributed by atoms with Crippen LogP contribution in [0.25, 0.3) is 0 Å². The SMILES string of the molecule is NS(=O)(=O)C1(c2ccncc2)CC1.O=C(O)C(F)(F)F. The van der Waals surface area contributed by atoms with E-state index in [0.717, 1.165) is 5.56 Å². The first-order valence-electron chi connectivity index (χ1n) is 5.24. The summed E-state index contributed by atoms with van der Waals surface area (Å²) in [6, 6.07) is 3.41. The van der Waals surface area contributed by atoms with Gasteiger partial charge in [-0.05, 0) is 30.5 Å². The van der Waals surface area contributed by atoms with Crippen molar-refractivity contribution in [2.24, 2.45) is 5.14 Å². The molecule has 0 unspecified atom stereocenters. The van der Waals surface area contributed by atoms with Crippen molar-refractivity contribution in [1.29, 1.82) is 0 Å². The number of carbonyl (C=O) groups is 1. The van der Waals surface area contributed by atoms with Crippen molar-refractivity contribution in [3.63, 3.8) is 0 Å². The second-order valence-corrected chi connectivity index (χ2v) is 5.95. The van der Waals surface area contributed by atoms with Gasteiger partial charge in [-0.2, -0.15) is 13.2 Å². The Labute approximate surface area is 112 Å². The number of sulfonamides is 1. The van der Waals surface area contributed by atoms with E-state index in [4.69, 9.17) is 15.0 Å². The molecule has 0 aromatic carbocycles. The molecular formula is C10H11F3N2O4S. The first-order valence-corrected chi connectivity index (χ1v) is 6.78. The monoisotopic (exact) mass is 312 g/mol. The second kappa shape index (κ2) is 5.37. The lowest BCUT2D eigenvalue weighted by molar-refractivity contribution is -0.192. The molecule has 0 spiro atoms. The molecule has 0 bridgehead atoms. The largest absolute Gasteiger partial charge is 0.490 e. The number of alkyl halides is 3. The van der Waals surface area contributed by atoms with Gasteiger partial charge in [-0.25, -0.2) is 18.4 Å². The van der Waals surface area contributed by atoms with Crippen LogP contribution in [-0.2, 0) is 19.6 Å². The number of primary sulfonamides is 1. The molecule has 3 N–H and O–H groups in total. The van der Waals surface area contributed by atoms with Gasteiger partial charge in [0, 0.05) is 12.4 Å². The second-order valence-electron chi connectivity index (χ2n) is 4.08. The van der Waals surface area contributed by atoms with Gasteiger partial charge in [-0.15, -0.1) is 0 Å². The zero-order chi connectivity index (χ0) is 15.6. The number of nitrogens with two attached hydrogens (primary N) is 1. The van der Waals surface area contributed by atoms with Gasteiger partial charge in [0.05, 0.1) is 0 Å². The third-order valence-corrected chi connectivity index (χ3v) is 4.43. The summed E-state index contributed by atoms with van der Waals surface area (Å²) in [6.45, 7) is 0. The molecule has 20 heavy (non-hydrogen) atoms. The maximum absolute atomic E-state index is 11.3. The highest BCUT2D eigenvalue weighted by Gasteiger charge is 2.54. The van der Waals surface area contributed by atoms with Gasteiger partial charge < -0.3 is 5.11 Å². The predicted octanol–water partition coefficient (Wildman–Crippen LogP) is 0.992. The van der Waals surface area contributed by atoms with Crippen LogP contribution in [0.1, 0.15) is 18.4 Å². The molecular weight excluding hydrogens is 301 g/mol. The minimum absolute atomic E-state index is 0.621. The van der Waals surface area contributed by atoms with Crippen LogP contribution in [0.2, 0.25) is 0 Å². The van der Waals surface area contributed by atoms with Gasteiger partial charge in [0.25, 0.3) is 0 Å². The molecule has 0 saturated heterocycles. The van der Waals surface area contributed by atoms with E-state index in [0.29, 0.717) is 12.8 Å². The zero-order valence-electron chi connectivity index (χ0n) is 9.96. The van der Waals surface area contributed by atoms with Crippen LogP contribution in [0.15, 0.2) is 24.5 Å². The molecule has 2 rings (SSSR count). The van der Waals surface area contributed by atoms with E-state index in [-0.39, 0.29) is 0 Å². The maximum Gasteiger partial charge on any atom is 0.490 e. The molecule has 1 aliphatic rings. The van der Waals surface area contributed by atoms with Gasteiger partial charge in [0.15, 0.2) is 0 Å². The number of carboxylic acid groups (broad SMARTS) is 1. The number of rotatable bonds is 2. The van der Waals surface area contributed by atoms with Crippen molar-refractivity contribution in [1.82, 2.24) is 4.98 Å². The third kappa shape index (κ3) is 3.67. The molecule has 1 saturated carbocycles. The maximum atomic E-state index is 11.3. The average Bonchev–Trinajstić information content (AvgIpc) is 3.10. The fourth-order valence-corrected chi connectivity index (χ4v) is 2.64. The fraction of sp³-hybridized carbons (Fsp3) is 0.400. The van der Waals surface area contributed by atoms with Crippen LogP contribution in [0.3, 0.4) is 0 Å². The van der Waals surface area contributed by atoms with E-state index in [1.54, 1.807) is 24.5 Å². The standard InChI is InChI=1S/C8H10N2O2S.C2HF3O2/c9-13(11,12)8(3-4-8)7-1-5-10-6-2-7;3-2(4,5)1(6)7/h1-2,5-6H,3-4H2,(H2,9,11,12);(H,6,7). The first kappa shape index (κ1) is 16.4. The van der Waals surface area contributed by atoms with Crippen molar-refractivity contribution < 1.29 is 31.5 Å². The number of aromatic nitrogens is 1. The van der Waals surface area contributed by atoms with Crippen LogP contribution in [0.4, 0.5) is 13.2 Å². The molecule has 10 heteroatoms. The Morgan fingerprint density at radius 3 is 1.95 bits per heavy atom. The predicted molar refractivity (Wildman–Crippen MR) is 61.9 cm³/mol. The van der Waals surface area contributed by atoms with Crippen molar-refractivity contribution in [3.05, 3.63) is 30.1 Å². The lowest BCUT2D eigenvalue weighted by atomic mass is 10.2. The van der Waals surface area contributed by atoms with E-state index in [2.05, 4.69) is 4.98 Å². The summed E-state index contributed by atoms with van der Waals surface area (Å²) >= 11 is 0. The minimum atomic E-state index is -5.08. The van der Waals surface area contributed by atoms with Crippen molar-refractivity contribution >= 4 is 16.0 Å². The number of pyridine rings is 1. The van der Waals surface area contributed by atoms with Crippen LogP contribution >= 0.6 is 0 Å². The molecule has 0 amide bonds. The molecule has 1 fully saturated rings. The normalized spacial score (nSPS) is 16.8. The molecule has 112 valence electrons. The van der Waals surface area contributed by atoms with Crippen LogP contribution < -0.4 is 5.14 Å². The Bertz CT molecular complexity index is 582. The Morgan fingerprint density at radius 1 is 1.30 bits per heavy atom. The van der Waals surface area contributed by atoms with E-state index in [9.17, 15) is 21.6 Å². The molecule has 1 aromatic rings. The van der Waals surface area contributed by atoms with E-state index in [1.807, 2.05) is 0 Å². The Hall–Kier alpha value is -1.68. The molecule has 1 aromatic heterocycles. The van der Waals surface area contributed by atoms with Gasteiger partial charge in [0.2, 0.25) is 10.0 Å². The fourth-order valence-electron chi connectivity index (χ4n) is 1.51. The molecule has 1 aliphatic carbocycles. The highest BCUT2D eigenvalue weighted by Crippen LogP contribution is 2.51. The van der Waals surface area contributed by atoms with Crippen LogP contribution in [0, 0.1) is 0 Å². The summed E-state index contributed by atoms with van der Waals surface area (Å²) in [7, 11) is -3.47. The summed E-state index contributed by atoms with van der Waals surface area (Å²) in [5.41, 5.74) is 0.755. The summed E-state index contributed by atoms with van der Waals surface area (Å²) in [4.78, 5) is 12.7. The number of hydrogen-bond donors (Lipinski definition) is 2. The highest BCUT2D eigenvalue weighted by molar-refractivity contribution is 7.90. The lowest BCUT2D eigenvalue weighted by Gasteiger charge is -2.11. The number of carboxylic acids is 1. The topological polar surface area (TPSA) is 110 Å². The van der Waals surface area contributed by atoms with Crippen LogP contribution in [-0.4, -0.2) is 30.7 Å². The summed E-state index contributed by atoms with van der Waals surface area (Å²) < 4.78 is 53.5. The number of nitrogens with zero attached hydrogens (tertiary/aromatic N) is 1. The first-order chi connectivity index (χ1) is 9.01. The minimum Gasteiger partial charge on any atom is -0.475 e. The summed E-state index contributed by atoms with van der Waals surface area (Å²) in [5, 5.41) is 12.3. The number of aliphatic carboxylic acids is 1. The van der Waals surface area contributed by atoms with Gasteiger partial charge in [-0.1, -0.05) is 0 Å². The molecule has 6 nitrogen and oxygen atoms in total. The molecule has 0 radical (unpaired) electrons. The summed E-state index contributed by atoms with van der Waals surface area (Å²) in [5.74, 6) is -2.76. The van der Waals surface area contributed by atoms with Gasteiger partial charge >= 0.3 is 12.1 Å². The third-order valence-electron chi connectivity index (χ3n) is 2.70. The highest BCUT2D eigenvalue weighted by atomic mass is 32.2. The molecule has 0 aliphatic heterocycles. The van der Waals surface area contributed by atoms with Gasteiger partial charge in [-0.3, -0.25) is 4.98 Å². The Balaban J connectivity index is 0.000000246. The number of halogens is 3. The smallest absolute Gasteiger partial charge is 0.475 e. The van der Waals surface area contributed by atoms with Crippen LogP contribution in [0.5, 0.6) is 0 Å². The quantitative estimate of drug-likeness (QED) is 0.846. The van der Waals surface area contributed by atoms with E-state index in [1.165, 1.54) is 0 Å². The van der Waals surface area contributed by atoms with Crippen molar-refractivity contribution in [2.75, 3.05) is 0 Å². The van der Waals surface area contributed by atoms with E-state index >= 15 is 0 Å². The average molecular weight is 312 g/mol. The lowest BCUT2D eigenvalue weighted by Crippen LogP contribution is -2.28. The van der Waals surface area contributed by atoms with Crippen molar-refractivity contribution in [2.45, 2.75) is 23.8 Å². The zero-order valence-corrected chi connectivity index (χ0v) is 10.8. The Kier molecular flexibility index (Phi) is 4.39. The summed E-state index contributed by atoms with van der Waals surface area (Å²) in [6.07, 6.45) is -0.674. The van der Waals surface area contributed by atoms with Crippen molar-refractivity contribution in [3.8, 4) is 0 Å². The molecule has 0 atom stereocenters. The number of hydrogen-bond acceptors (Lipinski definition) is 4. The molecule has 1 heterocycles. The Morgan fingerprint density at radius 2 is 1.70 bits per heavy atom. The van der Waals surface area contributed by atoms with Gasteiger partial charge in [0.1, 0.15) is 4.75 Å². The van der Waals surface area contributed by atoms with E-state index < -0.39 is 26.9 Å².